The van der Waals surface area contributed by atoms with E-state index >= 15 is 0 Å². The van der Waals surface area contributed by atoms with Crippen molar-refractivity contribution >= 4 is 10.9 Å². The molecule has 1 aromatic carbocycles. The summed E-state index contributed by atoms with van der Waals surface area (Å²) in [6.45, 7) is 12.4. The van der Waals surface area contributed by atoms with Gasteiger partial charge >= 0.3 is 0 Å². The highest BCUT2D eigenvalue weighted by Gasteiger charge is 1.97. The maximum atomic E-state index is 4.44. The van der Waals surface area contributed by atoms with Crippen molar-refractivity contribution in [3.05, 3.63) is 41.6 Å². The molecule has 94 valence electrons. The van der Waals surface area contributed by atoms with Gasteiger partial charge in [0.2, 0.25) is 0 Å². The van der Waals surface area contributed by atoms with Crippen LogP contribution in [0.15, 0.2) is 30.3 Å². The number of nitrogens with zero attached hydrogens (tertiary/aromatic N) is 1. The van der Waals surface area contributed by atoms with Crippen LogP contribution >= 0.6 is 0 Å². The highest BCUT2D eigenvalue weighted by Crippen LogP contribution is 2.16. The molecule has 0 saturated heterocycles. The third-order valence-electron chi connectivity index (χ3n) is 2.05. The molecule has 1 heteroatoms. The first-order chi connectivity index (χ1) is 8.19. The largest absolute Gasteiger partial charge is 0.253 e. The maximum Gasteiger partial charge on any atom is 0.0707 e. The average molecular weight is 231 g/mol. The van der Waals surface area contributed by atoms with Gasteiger partial charge in [-0.2, -0.15) is 0 Å². The van der Waals surface area contributed by atoms with E-state index in [1.165, 1.54) is 17.4 Å². The lowest BCUT2D eigenvalue weighted by atomic mass is 10.1. The van der Waals surface area contributed by atoms with Gasteiger partial charge in [-0.05, 0) is 31.5 Å². The van der Waals surface area contributed by atoms with Crippen LogP contribution in [-0.4, -0.2) is 4.98 Å². The van der Waals surface area contributed by atoms with Crippen LogP contribution in [0.1, 0.15) is 45.4 Å². The molecule has 0 aliphatic rings. The third-order valence-corrected chi connectivity index (χ3v) is 2.05. The van der Waals surface area contributed by atoms with Crippen LogP contribution in [0.5, 0.6) is 0 Å². The van der Waals surface area contributed by atoms with Gasteiger partial charge in [0.15, 0.2) is 0 Å². The smallest absolute Gasteiger partial charge is 0.0707 e. The monoisotopic (exact) mass is 231 g/mol. The first-order valence-electron chi connectivity index (χ1n) is 6.52. The Morgan fingerprint density at radius 2 is 1.53 bits per heavy atom. The van der Waals surface area contributed by atoms with Crippen molar-refractivity contribution in [3.63, 3.8) is 0 Å². The molecule has 0 N–H and O–H groups in total. The molecule has 1 heterocycles. The molecule has 0 amide bonds. The van der Waals surface area contributed by atoms with Crippen LogP contribution in [-0.2, 0) is 0 Å². The van der Waals surface area contributed by atoms with Crippen molar-refractivity contribution in [1.82, 2.24) is 4.98 Å². The predicted molar refractivity (Wildman–Crippen MR) is 78.5 cm³/mol. The van der Waals surface area contributed by atoms with Crippen molar-refractivity contribution in [2.45, 2.75) is 48.0 Å². The highest BCUT2D eigenvalue weighted by atomic mass is 14.7. The number of hydrogen-bond acceptors (Lipinski definition) is 1. The van der Waals surface area contributed by atoms with E-state index in [9.17, 15) is 0 Å². The SMILES string of the molecule is CC.CCC.Cc1cc(C)c2ccccc2n1. The van der Waals surface area contributed by atoms with Crippen LogP contribution in [0, 0.1) is 13.8 Å². The summed E-state index contributed by atoms with van der Waals surface area (Å²) >= 11 is 0. The van der Waals surface area contributed by atoms with Crippen molar-refractivity contribution in [2.75, 3.05) is 0 Å². The first kappa shape index (κ1) is 15.6. The van der Waals surface area contributed by atoms with Gasteiger partial charge in [-0.1, -0.05) is 52.3 Å². The van der Waals surface area contributed by atoms with Gasteiger partial charge < -0.3 is 0 Å². The van der Waals surface area contributed by atoms with Gasteiger partial charge in [0.25, 0.3) is 0 Å². The standard InChI is InChI=1S/C11H11N.C3H8.C2H6/c1-8-7-9(2)12-11-6-4-3-5-10(8)11;1-3-2;1-2/h3-7H,1-2H3;3H2,1-2H3;1-2H3. The zero-order chi connectivity index (χ0) is 13.3. The summed E-state index contributed by atoms with van der Waals surface area (Å²) in [5.41, 5.74) is 3.49. The number of fused-ring (bicyclic) bond motifs is 1. The lowest BCUT2D eigenvalue weighted by molar-refractivity contribution is 1.09. The summed E-state index contributed by atoms with van der Waals surface area (Å²) in [6.07, 6.45) is 1.25. The van der Waals surface area contributed by atoms with Crippen molar-refractivity contribution in [3.8, 4) is 0 Å². The Labute approximate surface area is 106 Å². The Morgan fingerprint density at radius 1 is 1.00 bits per heavy atom. The average Bonchev–Trinajstić information content (AvgIpc) is 2.32. The topological polar surface area (TPSA) is 12.9 Å². The predicted octanol–water partition coefficient (Wildman–Crippen LogP) is 5.29. The van der Waals surface area contributed by atoms with E-state index in [4.69, 9.17) is 0 Å². The molecule has 0 aliphatic heterocycles. The van der Waals surface area contributed by atoms with Crippen molar-refractivity contribution in [1.29, 1.82) is 0 Å². The van der Waals surface area contributed by atoms with E-state index in [0.717, 1.165) is 11.2 Å². The fourth-order valence-electron chi connectivity index (χ4n) is 1.52. The molecule has 0 radical (unpaired) electrons. The Bertz CT molecular complexity index is 432. The molecule has 0 aliphatic carbocycles. The minimum Gasteiger partial charge on any atom is -0.253 e. The fraction of sp³-hybridized carbons (Fsp3) is 0.438. The highest BCUT2D eigenvalue weighted by molar-refractivity contribution is 5.81. The summed E-state index contributed by atoms with van der Waals surface area (Å²) in [7, 11) is 0. The van der Waals surface area contributed by atoms with E-state index in [-0.39, 0.29) is 0 Å². The Morgan fingerprint density at radius 3 is 2.12 bits per heavy atom. The Hall–Kier alpha value is -1.37. The molecular formula is C16H25N. The molecule has 0 saturated carbocycles. The number of aryl methyl sites for hydroxylation is 2. The van der Waals surface area contributed by atoms with E-state index in [0.29, 0.717) is 0 Å². The lowest BCUT2D eigenvalue weighted by Gasteiger charge is -2.01. The summed E-state index contributed by atoms with van der Waals surface area (Å²) in [5, 5.41) is 1.25. The number of aromatic nitrogens is 1. The van der Waals surface area contributed by atoms with Gasteiger partial charge in [0.05, 0.1) is 5.52 Å². The molecule has 0 unspecified atom stereocenters. The van der Waals surface area contributed by atoms with E-state index in [1.807, 2.05) is 32.9 Å². The molecule has 17 heavy (non-hydrogen) atoms. The molecule has 2 aromatic rings. The van der Waals surface area contributed by atoms with Gasteiger partial charge in [-0.15, -0.1) is 0 Å². The first-order valence-corrected chi connectivity index (χ1v) is 6.52. The number of pyridine rings is 1. The summed E-state index contributed by atoms with van der Waals surface area (Å²) < 4.78 is 0. The molecule has 0 atom stereocenters. The van der Waals surface area contributed by atoms with Crippen LogP contribution in [0.4, 0.5) is 0 Å². The van der Waals surface area contributed by atoms with Crippen LogP contribution < -0.4 is 0 Å². The normalized spacial score (nSPS) is 8.82. The Balaban J connectivity index is 0.000000450. The number of benzene rings is 1. The minimum absolute atomic E-state index is 1.09. The number of hydrogen-bond donors (Lipinski definition) is 0. The molecule has 0 fully saturated rings. The van der Waals surface area contributed by atoms with Gasteiger partial charge in [0, 0.05) is 11.1 Å². The summed E-state index contributed by atoms with van der Waals surface area (Å²) in [4.78, 5) is 4.44. The van der Waals surface area contributed by atoms with Crippen molar-refractivity contribution < 1.29 is 0 Å². The van der Waals surface area contributed by atoms with Crippen LogP contribution in [0.3, 0.4) is 0 Å². The van der Waals surface area contributed by atoms with Crippen molar-refractivity contribution in [2.24, 2.45) is 0 Å². The number of rotatable bonds is 0. The second kappa shape index (κ2) is 8.74. The Kier molecular flexibility index (Phi) is 8.04. The summed E-state index contributed by atoms with van der Waals surface area (Å²) in [6, 6.07) is 10.3. The van der Waals surface area contributed by atoms with Gasteiger partial charge in [0.1, 0.15) is 0 Å². The van der Waals surface area contributed by atoms with Gasteiger partial charge in [-0.3, -0.25) is 4.98 Å². The third kappa shape index (κ3) is 4.99. The van der Waals surface area contributed by atoms with Crippen LogP contribution in [0.2, 0.25) is 0 Å². The molecule has 0 bridgehead atoms. The van der Waals surface area contributed by atoms with E-state index in [2.05, 4.69) is 44.0 Å². The van der Waals surface area contributed by atoms with E-state index in [1.54, 1.807) is 0 Å². The molecule has 0 spiro atoms. The molecule has 2 rings (SSSR count). The minimum atomic E-state index is 1.09. The summed E-state index contributed by atoms with van der Waals surface area (Å²) in [5.74, 6) is 0. The van der Waals surface area contributed by atoms with Gasteiger partial charge in [-0.25, -0.2) is 0 Å². The number of para-hydroxylation sites is 1. The maximum absolute atomic E-state index is 4.44. The molecule has 1 aromatic heterocycles. The second-order valence-corrected chi connectivity index (χ2v) is 3.80. The fourth-order valence-corrected chi connectivity index (χ4v) is 1.52. The second-order valence-electron chi connectivity index (χ2n) is 3.80. The van der Waals surface area contributed by atoms with Crippen LogP contribution in [0.25, 0.3) is 10.9 Å². The quantitative estimate of drug-likeness (QED) is 0.600. The zero-order valence-electron chi connectivity index (χ0n) is 12.0. The molecular weight excluding hydrogens is 206 g/mol. The van der Waals surface area contributed by atoms with E-state index < -0.39 is 0 Å². The zero-order valence-corrected chi connectivity index (χ0v) is 12.0. The molecule has 1 nitrogen and oxygen atoms in total. The lowest BCUT2D eigenvalue weighted by Crippen LogP contribution is -1.85.